The number of rotatable bonds is 5. The molecule has 4 rings (SSSR count). The number of carbonyl (C=O) groups excluding carboxylic acids is 1. The first kappa shape index (κ1) is 18.1. The van der Waals surface area contributed by atoms with E-state index in [4.69, 9.17) is 0 Å². The standard InChI is InChI=1S/C23H18N2O2S/c26-22(25-24-15-17-16-28-21-14-8-7-13-20(17)21)23(27,18-9-3-1-4-10-18)19-11-5-2-6-12-19/h1-16,27H,(H,25,26)/b24-15-. The maximum absolute atomic E-state index is 13.0. The number of benzene rings is 3. The zero-order valence-electron chi connectivity index (χ0n) is 14.9. The van der Waals surface area contributed by atoms with Crippen LogP contribution in [-0.4, -0.2) is 17.2 Å². The molecular formula is C23H18N2O2S. The van der Waals surface area contributed by atoms with E-state index in [9.17, 15) is 9.90 Å². The summed E-state index contributed by atoms with van der Waals surface area (Å²) >= 11 is 1.62. The highest BCUT2D eigenvalue weighted by Crippen LogP contribution is 2.30. The summed E-state index contributed by atoms with van der Waals surface area (Å²) < 4.78 is 1.15. The second kappa shape index (κ2) is 7.76. The van der Waals surface area contributed by atoms with Gasteiger partial charge in [0.25, 0.3) is 5.91 Å². The molecule has 1 aromatic heterocycles. The minimum Gasteiger partial charge on any atom is -0.372 e. The highest BCUT2D eigenvalue weighted by atomic mass is 32.1. The van der Waals surface area contributed by atoms with Crippen molar-refractivity contribution in [3.05, 3.63) is 107 Å². The van der Waals surface area contributed by atoms with Crippen molar-refractivity contribution in [2.75, 3.05) is 0 Å². The van der Waals surface area contributed by atoms with Gasteiger partial charge in [-0.3, -0.25) is 4.79 Å². The van der Waals surface area contributed by atoms with Crippen LogP contribution < -0.4 is 5.43 Å². The average Bonchev–Trinajstić information content (AvgIpc) is 3.17. The van der Waals surface area contributed by atoms with E-state index < -0.39 is 11.5 Å². The molecule has 5 heteroatoms. The van der Waals surface area contributed by atoms with E-state index in [1.165, 1.54) is 0 Å². The van der Waals surface area contributed by atoms with E-state index >= 15 is 0 Å². The quantitative estimate of drug-likeness (QED) is 0.397. The van der Waals surface area contributed by atoms with Gasteiger partial charge in [-0.15, -0.1) is 11.3 Å². The Morgan fingerprint density at radius 1 is 0.893 bits per heavy atom. The number of aliphatic hydroxyl groups is 1. The van der Waals surface area contributed by atoms with Crippen molar-refractivity contribution in [2.45, 2.75) is 5.60 Å². The van der Waals surface area contributed by atoms with Gasteiger partial charge in [-0.1, -0.05) is 78.9 Å². The van der Waals surface area contributed by atoms with Crippen LogP contribution in [0.1, 0.15) is 16.7 Å². The number of hydrazone groups is 1. The number of hydrogen-bond donors (Lipinski definition) is 2. The Morgan fingerprint density at radius 3 is 2.11 bits per heavy atom. The molecule has 138 valence electrons. The first-order chi connectivity index (χ1) is 13.7. The Morgan fingerprint density at radius 2 is 1.46 bits per heavy atom. The Balaban J connectivity index is 1.63. The molecule has 0 fully saturated rings. The van der Waals surface area contributed by atoms with Crippen molar-refractivity contribution in [2.24, 2.45) is 5.10 Å². The fraction of sp³-hybridized carbons (Fsp3) is 0.0435. The van der Waals surface area contributed by atoms with Crippen LogP contribution in [0.2, 0.25) is 0 Å². The third kappa shape index (κ3) is 3.33. The molecule has 0 saturated heterocycles. The fourth-order valence-electron chi connectivity index (χ4n) is 3.13. The molecule has 3 aromatic carbocycles. The predicted octanol–water partition coefficient (Wildman–Crippen LogP) is 4.29. The van der Waals surface area contributed by atoms with Crippen molar-refractivity contribution < 1.29 is 9.90 Å². The summed E-state index contributed by atoms with van der Waals surface area (Å²) in [6.07, 6.45) is 1.60. The second-order valence-corrected chi connectivity index (χ2v) is 7.24. The zero-order chi connectivity index (χ0) is 19.4. The topological polar surface area (TPSA) is 61.7 Å². The van der Waals surface area contributed by atoms with Crippen LogP contribution in [0.5, 0.6) is 0 Å². The van der Waals surface area contributed by atoms with Crippen LogP contribution in [0.15, 0.2) is 95.4 Å². The summed E-state index contributed by atoms with van der Waals surface area (Å²) in [7, 11) is 0. The number of nitrogens with one attached hydrogen (secondary N) is 1. The van der Waals surface area contributed by atoms with Crippen molar-refractivity contribution in [3.8, 4) is 0 Å². The Bertz CT molecular complexity index is 1080. The first-order valence-corrected chi connectivity index (χ1v) is 9.71. The number of hydrogen-bond acceptors (Lipinski definition) is 4. The molecule has 1 heterocycles. The number of nitrogens with zero attached hydrogens (tertiary/aromatic N) is 1. The van der Waals surface area contributed by atoms with Gasteiger partial charge in [-0.25, -0.2) is 5.43 Å². The Labute approximate surface area is 166 Å². The lowest BCUT2D eigenvalue weighted by atomic mass is 9.85. The normalized spacial score (nSPS) is 11.8. The van der Waals surface area contributed by atoms with E-state index in [1.807, 2.05) is 41.8 Å². The molecule has 0 radical (unpaired) electrons. The van der Waals surface area contributed by atoms with Gasteiger partial charge < -0.3 is 5.11 Å². The number of thiophene rings is 1. The van der Waals surface area contributed by atoms with Crippen LogP contribution in [0.4, 0.5) is 0 Å². The Kier molecular flexibility index (Phi) is 5.02. The molecule has 0 saturated carbocycles. The molecule has 0 unspecified atom stereocenters. The lowest BCUT2D eigenvalue weighted by Gasteiger charge is -2.27. The maximum Gasteiger partial charge on any atom is 0.281 e. The van der Waals surface area contributed by atoms with E-state index in [0.29, 0.717) is 11.1 Å². The average molecular weight is 386 g/mol. The smallest absolute Gasteiger partial charge is 0.281 e. The van der Waals surface area contributed by atoms with Crippen LogP contribution in [0.3, 0.4) is 0 Å². The van der Waals surface area contributed by atoms with Gasteiger partial charge in [-0.05, 0) is 17.2 Å². The number of amides is 1. The maximum atomic E-state index is 13.0. The lowest BCUT2D eigenvalue weighted by Crippen LogP contribution is -2.43. The van der Waals surface area contributed by atoms with Gasteiger partial charge in [0, 0.05) is 21.0 Å². The highest BCUT2D eigenvalue weighted by Gasteiger charge is 2.39. The molecule has 2 N–H and O–H groups in total. The SMILES string of the molecule is O=C(N/N=C\c1csc2ccccc12)C(O)(c1ccccc1)c1ccccc1. The molecule has 1 amide bonds. The minimum absolute atomic E-state index is 0.481. The molecule has 0 spiro atoms. The molecule has 0 bridgehead atoms. The summed E-state index contributed by atoms with van der Waals surface area (Å²) in [4.78, 5) is 13.0. The summed E-state index contributed by atoms with van der Waals surface area (Å²) in [5.41, 5.74) is 2.55. The third-order valence-electron chi connectivity index (χ3n) is 4.59. The second-order valence-electron chi connectivity index (χ2n) is 6.33. The number of fused-ring (bicyclic) bond motifs is 1. The molecule has 0 aliphatic carbocycles. The monoisotopic (exact) mass is 386 g/mol. The van der Waals surface area contributed by atoms with E-state index in [1.54, 1.807) is 66.1 Å². The first-order valence-electron chi connectivity index (χ1n) is 8.83. The van der Waals surface area contributed by atoms with Gasteiger partial charge in [0.1, 0.15) is 0 Å². The Hall–Kier alpha value is -3.28. The molecule has 4 aromatic rings. The lowest BCUT2D eigenvalue weighted by molar-refractivity contribution is -0.136. The summed E-state index contributed by atoms with van der Waals surface area (Å²) in [6, 6.07) is 25.7. The van der Waals surface area contributed by atoms with Crippen molar-refractivity contribution in [3.63, 3.8) is 0 Å². The van der Waals surface area contributed by atoms with Crippen molar-refractivity contribution >= 4 is 33.5 Å². The van der Waals surface area contributed by atoms with Gasteiger partial charge in [0.05, 0.1) is 6.21 Å². The van der Waals surface area contributed by atoms with Gasteiger partial charge in [0.15, 0.2) is 5.60 Å². The summed E-state index contributed by atoms with van der Waals surface area (Å²) in [5, 5.41) is 18.5. The van der Waals surface area contributed by atoms with Gasteiger partial charge >= 0.3 is 0 Å². The molecule has 0 aliphatic rings. The number of carbonyl (C=O) groups is 1. The van der Waals surface area contributed by atoms with E-state index in [0.717, 1.165) is 15.6 Å². The molecule has 0 atom stereocenters. The zero-order valence-corrected chi connectivity index (χ0v) is 15.8. The van der Waals surface area contributed by atoms with Crippen LogP contribution in [0.25, 0.3) is 10.1 Å². The largest absolute Gasteiger partial charge is 0.372 e. The minimum atomic E-state index is -1.84. The van der Waals surface area contributed by atoms with Crippen LogP contribution >= 0.6 is 11.3 Å². The van der Waals surface area contributed by atoms with Gasteiger partial charge in [0.2, 0.25) is 0 Å². The van der Waals surface area contributed by atoms with Crippen LogP contribution in [-0.2, 0) is 10.4 Å². The summed E-state index contributed by atoms with van der Waals surface area (Å²) in [6.45, 7) is 0. The third-order valence-corrected chi connectivity index (χ3v) is 5.57. The van der Waals surface area contributed by atoms with Crippen molar-refractivity contribution in [1.82, 2.24) is 5.43 Å². The van der Waals surface area contributed by atoms with Crippen molar-refractivity contribution in [1.29, 1.82) is 0 Å². The molecular weight excluding hydrogens is 368 g/mol. The van der Waals surface area contributed by atoms with Gasteiger partial charge in [-0.2, -0.15) is 5.10 Å². The van der Waals surface area contributed by atoms with E-state index in [2.05, 4.69) is 10.5 Å². The molecule has 28 heavy (non-hydrogen) atoms. The summed E-state index contributed by atoms with van der Waals surface area (Å²) in [5.74, 6) is -0.610. The fourth-order valence-corrected chi connectivity index (χ4v) is 4.04. The highest BCUT2D eigenvalue weighted by molar-refractivity contribution is 7.17. The van der Waals surface area contributed by atoms with Crippen LogP contribution in [0, 0.1) is 0 Å². The predicted molar refractivity (Wildman–Crippen MR) is 113 cm³/mol. The molecule has 4 nitrogen and oxygen atoms in total. The molecule has 0 aliphatic heterocycles. The van der Waals surface area contributed by atoms with E-state index in [-0.39, 0.29) is 0 Å².